The van der Waals surface area contributed by atoms with E-state index in [2.05, 4.69) is 0 Å². The summed E-state index contributed by atoms with van der Waals surface area (Å²) in [4.78, 5) is 0. The van der Waals surface area contributed by atoms with E-state index in [0.29, 0.717) is 0 Å². The molecular weight excluding hydrogens is 176 g/mol. The van der Waals surface area contributed by atoms with Crippen molar-refractivity contribution < 1.29 is 9.84 Å². The lowest BCUT2D eigenvalue weighted by molar-refractivity contribution is 0.279. The van der Waals surface area contributed by atoms with Crippen LogP contribution in [0.1, 0.15) is 27.8 Å². The number of methoxy groups -OCH3 is 1. The van der Waals surface area contributed by atoms with Crippen LogP contribution in [0, 0.1) is 27.7 Å². The van der Waals surface area contributed by atoms with Gasteiger partial charge in [0.1, 0.15) is 5.75 Å². The van der Waals surface area contributed by atoms with E-state index >= 15 is 0 Å². The molecule has 0 amide bonds. The largest absolute Gasteiger partial charge is 0.496 e. The van der Waals surface area contributed by atoms with Crippen LogP contribution in [0.4, 0.5) is 0 Å². The molecular formula is C12H18O2. The zero-order chi connectivity index (χ0) is 10.9. The Hall–Kier alpha value is -1.02. The lowest BCUT2D eigenvalue weighted by atomic mass is 9.93. The molecule has 0 aromatic heterocycles. The predicted molar refractivity (Wildman–Crippen MR) is 57.9 cm³/mol. The van der Waals surface area contributed by atoms with E-state index in [4.69, 9.17) is 4.74 Å². The Bertz CT molecular complexity index is 290. The van der Waals surface area contributed by atoms with Gasteiger partial charge in [-0.3, -0.25) is 0 Å². The van der Waals surface area contributed by atoms with E-state index in [1.54, 1.807) is 7.11 Å². The van der Waals surface area contributed by atoms with Gasteiger partial charge in [0.15, 0.2) is 0 Å². The van der Waals surface area contributed by atoms with Gasteiger partial charge in [-0.25, -0.2) is 0 Å². The maximum absolute atomic E-state index is 9.27. The summed E-state index contributed by atoms with van der Waals surface area (Å²) in [5.74, 6) is 0.942. The summed E-state index contributed by atoms with van der Waals surface area (Å²) in [5.41, 5.74) is 5.54. The molecule has 0 heterocycles. The van der Waals surface area contributed by atoms with Gasteiger partial charge in [-0.15, -0.1) is 0 Å². The molecule has 0 aliphatic rings. The average Bonchev–Trinajstić information content (AvgIpc) is 2.17. The van der Waals surface area contributed by atoms with Gasteiger partial charge in [0.25, 0.3) is 0 Å². The van der Waals surface area contributed by atoms with Crippen molar-refractivity contribution in [3.05, 3.63) is 27.8 Å². The number of benzene rings is 1. The standard InChI is InChI=1S/C12H18O2/c1-7-9(3)12(14-5)10(4)8(2)11(7)6-13/h13H,6H2,1-5H3. The molecule has 0 saturated carbocycles. The summed E-state index contributed by atoms with van der Waals surface area (Å²) in [7, 11) is 1.69. The van der Waals surface area contributed by atoms with E-state index < -0.39 is 0 Å². The van der Waals surface area contributed by atoms with Crippen LogP contribution in [-0.4, -0.2) is 12.2 Å². The highest BCUT2D eigenvalue weighted by Crippen LogP contribution is 2.32. The molecule has 0 fully saturated rings. The second-order valence-corrected chi connectivity index (χ2v) is 3.67. The highest BCUT2D eigenvalue weighted by atomic mass is 16.5. The molecule has 2 nitrogen and oxygen atoms in total. The van der Waals surface area contributed by atoms with Crippen molar-refractivity contribution in [2.45, 2.75) is 34.3 Å². The summed E-state index contributed by atoms with van der Waals surface area (Å²) in [6.07, 6.45) is 0. The Morgan fingerprint density at radius 1 is 0.929 bits per heavy atom. The van der Waals surface area contributed by atoms with Gasteiger partial charge in [0.2, 0.25) is 0 Å². The van der Waals surface area contributed by atoms with Gasteiger partial charge >= 0.3 is 0 Å². The highest BCUT2D eigenvalue weighted by molar-refractivity contribution is 5.53. The number of aliphatic hydroxyl groups is 1. The summed E-state index contributed by atoms with van der Waals surface area (Å²) < 4.78 is 5.36. The summed E-state index contributed by atoms with van der Waals surface area (Å²) >= 11 is 0. The Labute approximate surface area is 85.5 Å². The zero-order valence-corrected chi connectivity index (χ0v) is 9.56. The molecule has 0 bridgehead atoms. The molecule has 14 heavy (non-hydrogen) atoms. The number of hydrogen-bond donors (Lipinski definition) is 1. The van der Waals surface area contributed by atoms with Crippen molar-refractivity contribution >= 4 is 0 Å². The average molecular weight is 194 g/mol. The van der Waals surface area contributed by atoms with Gasteiger partial charge in [0, 0.05) is 0 Å². The first-order chi connectivity index (χ1) is 6.54. The molecule has 1 aromatic rings. The number of aliphatic hydroxyl groups excluding tert-OH is 1. The van der Waals surface area contributed by atoms with Crippen LogP contribution < -0.4 is 4.74 Å². The first-order valence-corrected chi connectivity index (χ1v) is 4.78. The third kappa shape index (κ3) is 1.50. The minimum Gasteiger partial charge on any atom is -0.496 e. The molecule has 1 rings (SSSR count). The van der Waals surface area contributed by atoms with Crippen molar-refractivity contribution in [2.24, 2.45) is 0 Å². The van der Waals surface area contributed by atoms with Crippen LogP contribution in [0.3, 0.4) is 0 Å². The van der Waals surface area contributed by atoms with Crippen molar-refractivity contribution in [1.82, 2.24) is 0 Å². The monoisotopic (exact) mass is 194 g/mol. The second-order valence-electron chi connectivity index (χ2n) is 3.67. The Morgan fingerprint density at radius 2 is 1.36 bits per heavy atom. The van der Waals surface area contributed by atoms with Crippen molar-refractivity contribution in [3.8, 4) is 5.75 Å². The fourth-order valence-corrected chi connectivity index (χ4v) is 1.90. The van der Waals surface area contributed by atoms with Crippen molar-refractivity contribution in [2.75, 3.05) is 7.11 Å². The SMILES string of the molecule is COc1c(C)c(C)c(CO)c(C)c1C. The molecule has 1 N–H and O–H groups in total. The van der Waals surface area contributed by atoms with Crippen molar-refractivity contribution in [3.63, 3.8) is 0 Å². The quantitative estimate of drug-likeness (QED) is 0.783. The third-order valence-corrected chi connectivity index (χ3v) is 3.07. The molecule has 2 heteroatoms. The lowest BCUT2D eigenvalue weighted by Crippen LogP contribution is -2.03. The first-order valence-electron chi connectivity index (χ1n) is 4.78. The van der Waals surface area contributed by atoms with Gasteiger partial charge in [-0.1, -0.05) is 0 Å². The van der Waals surface area contributed by atoms with Crippen LogP contribution in [0.25, 0.3) is 0 Å². The minimum absolute atomic E-state index is 0.101. The van der Waals surface area contributed by atoms with Gasteiger partial charge in [-0.05, 0) is 55.5 Å². The van der Waals surface area contributed by atoms with Crippen LogP contribution in [0.5, 0.6) is 5.75 Å². The zero-order valence-electron chi connectivity index (χ0n) is 9.56. The Morgan fingerprint density at radius 3 is 1.64 bits per heavy atom. The first kappa shape index (κ1) is 11.1. The Kier molecular flexibility index (Phi) is 3.17. The minimum atomic E-state index is 0.101. The summed E-state index contributed by atoms with van der Waals surface area (Å²) in [6.45, 7) is 8.20. The Balaban J connectivity index is 3.55. The molecule has 0 atom stereocenters. The predicted octanol–water partition coefficient (Wildman–Crippen LogP) is 2.42. The molecule has 1 aromatic carbocycles. The molecule has 0 aliphatic heterocycles. The normalized spacial score (nSPS) is 10.4. The van der Waals surface area contributed by atoms with Gasteiger partial charge in [-0.2, -0.15) is 0 Å². The van der Waals surface area contributed by atoms with Crippen LogP contribution in [0.2, 0.25) is 0 Å². The maximum atomic E-state index is 9.27. The van der Waals surface area contributed by atoms with E-state index in [0.717, 1.165) is 33.6 Å². The van der Waals surface area contributed by atoms with E-state index in [-0.39, 0.29) is 6.61 Å². The number of ether oxygens (including phenoxy) is 1. The highest BCUT2D eigenvalue weighted by Gasteiger charge is 2.13. The molecule has 0 radical (unpaired) electrons. The third-order valence-electron chi connectivity index (χ3n) is 3.07. The molecule has 0 spiro atoms. The lowest BCUT2D eigenvalue weighted by Gasteiger charge is -2.18. The molecule has 0 unspecified atom stereocenters. The number of hydrogen-bond acceptors (Lipinski definition) is 2. The van der Waals surface area contributed by atoms with E-state index in [1.807, 2.05) is 27.7 Å². The second kappa shape index (κ2) is 4.01. The molecule has 0 aliphatic carbocycles. The van der Waals surface area contributed by atoms with Crippen LogP contribution in [0.15, 0.2) is 0 Å². The van der Waals surface area contributed by atoms with E-state index in [1.165, 1.54) is 0 Å². The topological polar surface area (TPSA) is 29.5 Å². The van der Waals surface area contributed by atoms with Crippen LogP contribution >= 0.6 is 0 Å². The van der Waals surface area contributed by atoms with Gasteiger partial charge in [0.05, 0.1) is 13.7 Å². The van der Waals surface area contributed by atoms with Crippen LogP contribution in [-0.2, 0) is 6.61 Å². The number of rotatable bonds is 2. The van der Waals surface area contributed by atoms with Crippen molar-refractivity contribution in [1.29, 1.82) is 0 Å². The van der Waals surface area contributed by atoms with E-state index in [9.17, 15) is 5.11 Å². The fraction of sp³-hybridized carbons (Fsp3) is 0.500. The summed E-state index contributed by atoms with van der Waals surface area (Å²) in [5, 5.41) is 9.27. The maximum Gasteiger partial charge on any atom is 0.125 e. The summed E-state index contributed by atoms with van der Waals surface area (Å²) in [6, 6.07) is 0. The van der Waals surface area contributed by atoms with Gasteiger partial charge < -0.3 is 9.84 Å². The smallest absolute Gasteiger partial charge is 0.125 e. The molecule has 0 saturated heterocycles. The fourth-order valence-electron chi connectivity index (χ4n) is 1.90. The molecule has 78 valence electrons.